The second kappa shape index (κ2) is 11.3. The van der Waals surface area contributed by atoms with E-state index >= 15 is 0 Å². The zero-order chi connectivity index (χ0) is 22.3. The second-order valence-electron chi connectivity index (χ2n) is 9.84. The molecule has 0 radical (unpaired) electrons. The van der Waals surface area contributed by atoms with Crippen LogP contribution in [-0.2, 0) is 12.8 Å². The van der Waals surface area contributed by atoms with Crippen molar-refractivity contribution in [2.24, 2.45) is 0 Å². The Balaban J connectivity index is 0.000000186. The SMILES string of the molecule is CN(C)CC1CC2=C(C=CCC=C2N2CCNCC2)CN1.Cc1cnc2c(c1)CCCC2. The van der Waals surface area contributed by atoms with Gasteiger partial charge in [-0.05, 0) is 81.8 Å². The zero-order valence-electron chi connectivity index (χ0n) is 20.3. The number of aryl methyl sites for hydroxylation is 3. The Morgan fingerprint density at radius 3 is 2.78 bits per heavy atom. The first kappa shape index (κ1) is 23.2. The van der Waals surface area contributed by atoms with E-state index in [-0.39, 0.29) is 0 Å². The normalized spacial score (nSPS) is 23.1. The molecule has 2 aliphatic heterocycles. The third-order valence-electron chi connectivity index (χ3n) is 6.84. The maximum absolute atomic E-state index is 4.42. The number of piperazine rings is 1. The van der Waals surface area contributed by atoms with Gasteiger partial charge < -0.3 is 20.4 Å². The average Bonchev–Trinajstić information content (AvgIpc) is 3.02. The number of nitrogens with zero attached hydrogens (tertiary/aromatic N) is 3. The molecule has 0 amide bonds. The first-order valence-electron chi connectivity index (χ1n) is 12.5. The van der Waals surface area contributed by atoms with Crippen molar-refractivity contribution in [1.29, 1.82) is 0 Å². The fourth-order valence-corrected chi connectivity index (χ4v) is 5.26. The summed E-state index contributed by atoms with van der Waals surface area (Å²) in [6.07, 6.45) is 16.4. The summed E-state index contributed by atoms with van der Waals surface area (Å²) in [5.74, 6) is 0. The maximum atomic E-state index is 4.42. The van der Waals surface area contributed by atoms with Crippen LogP contribution in [0.25, 0.3) is 0 Å². The van der Waals surface area contributed by atoms with E-state index in [0.29, 0.717) is 6.04 Å². The summed E-state index contributed by atoms with van der Waals surface area (Å²) in [7, 11) is 4.32. The van der Waals surface area contributed by atoms with Crippen LogP contribution in [0.4, 0.5) is 0 Å². The molecule has 0 bridgehead atoms. The molecule has 2 N–H and O–H groups in total. The van der Waals surface area contributed by atoms with Gasteiger partial charge in [-0.15, -0.1) is 0 Å². The summed E-state index contributed by atoms with van der Waals surface area (Å²) in [5, 5.41) is 7.15. The first-order chi connectivity index (χ1) is 15.6. The van der Waals surface area contributed by atoms with Crippen LogP contribution in [0, 0.1) is 6.92 Å². The number of likely N-dealkylation sites (N-methyl/N-ethyl adjacent to an activating group) is 1. The Morgan fingerprint density at radius 2 is 1.97 bits per heavy atom. The van der Waals surface area contributed by atoms with Gasteiger partial charge in [-0.25, -0.2) is 0 Å². The number of rotatable bonds is 3. The van der Waals surface area contributed by atoms with Crippen molar-refractivity contribution in [2.45, 2.75) is 51.5 Å². The molecule has 2 aliphatic carbocycles. The predicted octanol–water partition coefficient (Wildman–Crippen LogP) is 3.22. The van der Waals surface area contributed by atoms with E-state index in [0.717, 1.165) is 52.1 Å². The van der Waals surface area contributed by atoms with Crippen LogP contribution in [0.15, 0.2) is 47.3 Å². The van der Waals surface area contributed by atoms with Crippen molar-refractivity contribution >= 4 is 0 Å². The lowest BCUT2D eigenvalue weighted by atomic mass is 9.92. The van der Waals surface area contributed by atoms with E-state index in [2.05, 4.69) is 70.7 Å². The molecule has 1 unspecified atom stereocenters. The fourth-order valence-electron chi connectivity index (χ4n) is 5.26. The molecule has 1 atom stereocenters. The highest BCUT2D eigenvalue weighted by Crippen LogP contribution is 2.30. The second-order valence-corrected chi connectivity index (χ2v) is 9.84. The third kappa shape index (κ3) is 6.09. The van der Waals surface area contributed by atoms with E-state index < -0.39 is 0 Å². The van der Waals surface area contributed by atoms with Crippen molar-refractivity contribution in [3.05, 3.63) is 64.2 Å². The molecule has 1 fully saturated rings. The van der Waals surface area contributed by atoms with Gasteiger partial charge in [0.2, 0.25) is 0 Å². The van der Waals surface area contributed by atoms with Gasteiger partial charge in [-0.2, -0.15) is 0 Å². The molecular formula is C27H41N5. The van der Waals surface area contributed by atoms with Crippen LogP contribution in [-0.4, -0.2) is 74.2 Å². The van der Waals surface area contributed by atoms with Crippen LogP contribution in [0.1, 0.15) is 42.5 Å². The van der Waals surface area contributed by atoms with Crippen LogP contribution < -0.4 is 10.6 Å². The molecule has 1 aromatic rings. The Kier molecular flexibility index (Phi) is 8.17. The molecule has 174 valence electrons. The number of fused-ring (bicyclic) bond motifs is 1. The Morgan fingerprint density at radius 1 is 1.16 bits per heavy atom. The van der Waals surface area contributed by atoms with Crippen molar-refractivity contribution in [3.63, 3.8) is 0 Å². The highest BCUT2D eigenvalue weighted by molar-refractivity contribution is 5.45. The molecule has 32 heavy (non-hydrogen) atoms. The molecule has 3 heterocycles. The number of hydrogen-bond donors (Lipinski definition) is 2. The summed E-state index contributed by atoms with van der Waals surface area (Å²) >= 11 is 0. The Labute approximate surface area is 194 Å². The minimum absolute atomic E-state index is 0.566. The highest BCUT2D eigenvalue weighted by atomic mass is 15.2. The van der Waals surface area contributed by atoms with Crippen LogP contribution in [0.2, 0.25) is 0 Å². The molecule has 0 aromatic carbocycles. The average molecular weight is 436 g/mol. The van der Waals surface area contributed by atoms with Crippen LogP contribution >= 0.6 is 0 Å². The van der Waals surface area contributed by atoms with Gasteiger partial charge in [-0.3, -0.25) is 4.98 Å². The smallest absolute Gasteiger partial charge is 0.0435 e. The third-order valence-corrected chi connectivity index (χ3v) is 6.84. The lowest BCUT2D eigenvalue weighted by Crippen LogP contribution is -2.46. The Hall–Kier alpha value is -1.95. The first-order valence-corrected chi connectivity index (χ1v) is 12.5. The number of aromatic nitrogens is 1. The zero-order valence-corrected chi connectivity index (χ0v) is 20.3. The van der Waals surface area contributed by atoms with E-state index in [4.69, 9.17) is 0 Å². The topological polar surface area (TPSA) is 43.4 Å². The molecule has 0 saturated carbocycles. The lowest BCUT2D eigenvalue weighted by Gasteiger charge is -2.37. The number of hydrogen-bond acceptors (Lipinski definition) is 5. The van der Waals surface area contributed by atoms with Crippen molar-refractivity contribution in [1.82, 2.24) is 25.4 Å². The van der Waals surface area contributed by atoms with Crippen molar-refractivity contribution in [2.75, 3.05) is 53.4 Å². The van der Waals surface area contributed by atoms with Gasteiger partial charge in [-0.1, -0.05) is 24.3 Å². The minimum atomic E-state index is 0.566. The minimum Gasteiger partial charge on any atom is -0.369 e. The highest BCUT2D eigenvalue weighted by Gasteiger charge is 2.26. The largest absolute Gasteiger partial charge is 0.369 e. The Bertz CT molecular complexity index is 861. The number of nitrogens with one attached hydrogen (secondary N) is 2. The van der Waals surface area contributed by atoms with Gasteiger partial charge in [0, 0.05) is 62.9 Å². The number of allylic oxidation sites excluding steroid dienone is 3. The van der Waals surface area contributed by atoms with E-state index in [1.807, 2.05) is 6.20 Å². The van der Waals surface area contributed by atoms with Crippen molar-refractivity contribution < 1.29 is 0 Å². The van der Waals surface area contributed by atoms with Gasteiger partial charge in [0.15, 0.2) is 0 Å². The lowest BCUT2D eigenvalue weighted by molar-refractivity contribution is 0.292. The summed E-state index contributed by atoms with van der Waals surface area (Å²) in [5.41, 5.74) is 8.69. The number of pyridine rings is 1. The predicted molar refractivity (Wildman–Crippen MR) is 134 cm³/mol. The molecule has 5 nitrogen and oxygen atoms in total. The van der Waals surface area contributed by atoms with E-state index in [1.54, 1.807) is 5.57 Å². The van der Waals surface area contributed by atoms with Gasteiger partial charge in [0.05, 0.1) is 0 Å². The summed E-state index contributed by atoms with van der Waals surface area (Å²) in [4.78, 5) is 9.28. The monoisotopic (exact) mass is 435 g/mol. The standard InChI is InChI=1S/C17H28N4.C10H13N/c1-20(2)13-15-11-16-14(12-19-15)5-3-4-6-17(16)21-9-7-18-8-10-21;1-8-6-9-4-2-3-5-10(9)11-7-8/h3,5-6,15,18-19H,4,7-13H2,1-2H3;6-7H,2-5H2,1H3. The molecular weight excluding hydrogens is 394 g/mol. The van der Waals surface area contributed by atoms with Crippen LogP contribution in [0.5, 0.6) is 0 Å². The molecule has 5 rings (SSSR count). The molecule has 1 aromatic heterocycles. The summed E-state index contributed by atoms with van der Waals surface area (Å²) in [6.45, 7) is 8.70. The maximum Gasteiger partial charge on any atom is 0.0435 e. The molecule has 4 aliphatic rings. The van der Waals surface area contributed by atoms with Gasteiger partial charge in [0.25, 0.3) is 0 Å². The molecule has 1 saturated heterocycles. The van der Waals surface area contributed by atoms with E-state index in [9.17, 15) is 0 Å². The quantitative estimate of drug-likeness (QED) is 0.763. The van der Waals surface area contributed by atoms with Gasteiger partial charge in [0.1, 0.15) is 0 Å². The van der Waals surface area contributed by atoms with Crippen LogP contribution in [0.3, 0.4) is 0 Å². The van der Waals surface area contributed by atoms with Gasteiger partial charge >= 0.3 is 0 Å². The molecule has 0 spiro atoms. The van der Waals surface area contributed by atoms with Crippen molar-refractivity contribution in [3.8, 4) is 0 Å². The van der Waals surface area contributed by atoms with E-state index in [1.165, 1.54) is 53.8 Å². The summed E-state index contributed by atoms with van der Waals surface area (Å²) in [6, 6.07) is 2.85. The fraction of sp³-hybridized carbons (Fsp3) is 0.593. The summed E-state index contributed by atoms with van der Waals surface area (Å²) < 4.78 is 0. The molecule has 5 heteroatoms.